The summed E-state index contributed by atoms with van der Waals surface area (Å²) in [5.41, 5.74) is 0.840. The third kappa shape index (κ3) is 3.40. The fourth-order valence-electron chi connectivity index (χ4n) is 2.57. The molecule has 2 nitrogen and oxygen atoms in total. The first-order valence-corrected chi connectivity index (χ1v) is 6.56. The minimum atomic E-state index is 0.260. The molecule has 1 saturated carbocycles. The largest absolute Gasteiger partial charge is 0.303 e. The van der Waals surface area contributed by atoms with E-state index in [2.05, 4.69) is 11.9 Å². The highest BCUT2D eigenvalue weighted by Gasteiger charge is 2.19. The molecule has 17 heavy (non-hydrogen) atoms. The van der Waals surface area contributed by atoms with E-state index in [4.69, 9.17) is 0 Å². The van der Waals surface area contributed by atoms with E-state index in [9.17, 15) is 4.79 Å². The Balaban J connectivity index is 1.80. The Bertz CT molecular complexity index is 354. The van der Waals surface area contributed by atoms with Gasteiger partial charge in [0, 0.05) is 24.6 Å². The van der Waals surface area contributed by atoms with Crippen molar-refractivity contribution in [2.75, 3.05) is 13.6 Å². The molecule has 0 saturated heterocycles. The summed E-state index contributed by atoms with van der Waals surface area (Å²) in [6.45, 7) is 0.887. The summed E-state index contributed by atoms with van der Waals surface area (Å²) in [4.78, 5) is 14.3. The summed E-state index contributed by atoms with van der Waals surface area (Å²) in [6.07, 6.45) is 5.94. The van der Waals surface area contributed by atoms with Gasteiger partial charge in [-0.15, -0.1) is 0 Å². The molecular weight excluding hydrogens is 210 g/mol. The van der Waals surface area contributed by atoms with E-state index in [1.54, 1.807) is 0 Å². The maximum Gasteiger partial charge on any atom is 0.164 e. The Morgan fingerprint density at radius 3 is 2.53 bits per heavy atom. The predicted molar refractivity (Wildman–Crippen MR) is 70.3 cm³/mol. The van der Waals surface area contributed by atoms with E-state index >= 15 is 0 Å². The zero-order valence-electron chi connectivity index (χ0n) is 10.6. The number of hydrogen-bond donors (Lipinski definition) is 0. The van der Waals surface area contributed by atoms with Crippen molar-refractivity contribution in [3.63, 3.8) is 0 Å². The molecule has 0 spiro atoms. The fraction of sp³-hybridized carbons (Fsp3) is 0.533. The van der Waals surface area contributed by atoms with Crippen molar-refractivity contribution in [3.8, 4) is 0 Å². The molecule has 0 unspecified atom stereocenters. The molecule has 0 atom stereocenters. The maximum absolute atomic E-state index is 11.9. The van der Waals surface area contributed by atoms with Crippen LogP contribution in [0.25, 0.3) is 0 Å². The Morgan fingerprint density at radius 2 is 1.88 bits per heavy atom. The number of hydrogen-bond acceptors (Lipinski definition) is 2. The number of Topliss-reactive ketones (excluding diaryl/α,β-unsaturated/α-hetero) is 1. The van der Waals surface area contributed by atoms with Crippen LogP contribution in [-0.2, 0) is 0 Å². The van der Waals surface area contributed by atoms with Crippen LogP contribution in [0.2, 0.25) is 0 Å². The highest BCUT2D eigenvalue weighted by atomic mass is 16.1. The molecule has 1 fully saturated rings. The molecule has 0 aliphatic heterocycles. The average molecular weight is 231 g/mol. The zero-order valence-corrected chi connectivity index (χ0v) is 10.6. The topological polar surface area (TPSA) is 20.3 Å². The molecule has 2 heteroatoms. The Hall–Kier alpha value is -1.15. The van der Waals surface area contributed by atoms with Crippen molar-refractivity contribution in [2.45, 2.75) is 38.1 Å². The van der Waals surface area contributed by atoms with Gasteiger partial charge in [0.05, 0.1) is 0 Å². The molecule has 1 aromatic carbocycles. The Kier molecular flexibility index (Phi) is 4.32. The van der Waals surface area contributed by atoms with Crippen LogP contribution in [0.5, 0.6) is 0 Å². The van der Waals surface area contributed by atoms with Gasteiger partial charge in [-0.1, -0.05) is 43.2 Å². The second-order valence-corrected chi connectivity index (χ2v) is 4.96. The minimum absolute atomic E-state index is 0.260. The van der Waals surface area contributed by atoms with Crippen LogP contribution < -0.4 is 0 Å². The van der Waals surface area contributed by atoms with Gasteiger partial charge in [-0.3, -0.25) is 4.79 Å². The van der Waals surface area contributed by atoms with Crippen molar-refractivity contribution < 1.29 is 4.79 Å². The number of rotatable bonds is 5. The van der Waals surface area contributed by atoms with Gasteiger partial charge < -0.3 is 4.90 Å². The predicted octanol–water partition coefficient (Wildman–Crippen LogP) is 3.13. The van der Waals surface area contributed by atoms with Gasteiger partial charge in [0.1, 0.15) is 0 Å². The molecule has 1 aliphatic carbocycles. The third-order valence-electron chi connectivity index (χ3n) is 3.74. The molecule has 92 valence electrons. The highest BCUT2D eigenvalue weighted by Crippen LogP contribution is 2.22. The van der Waals surface area contributed by atoms with Crippen LogP contribution in [-0.4, -0.2) is 30.3 Å². The first-order chi connectivity index (χ1) is 8.27. The summed E-state index contributed by atoms with van der Waals surface area (Å²) in [5.74, 6) is 0.260. The van der Waals surface area contributed by atoms with Gasteiger partial charge >= 0.3 is 0 Å². The molecule has 0 bridgehead atoms. The first kappa shape index (κ1) is 12.3. The maximum atomic E-state index is 11.9. The van der Waals surface area contributed by atoms with Gasteiger partial charge in [-0.25, -0.2) is 0 Å². The second-order valence-electron chi connectivity index (χ2n) is 4.96. The standard InChI is InChI=1S/C15H21NO/c1-16(14-9-5-6-10-14)12-11-15(17)13-7-3-2-4-8-13/h2-4,7-8,14H,5-6,9-12H2,1H3. The third-order valence-corrected chi connectivity index (χ3v) is 3.74. The second kappa shape index (κ2) is 5.97. The normalized spacial score (nSPS) is 16.6. The van der Waals surface area contributed by atoms with Crippen molar-refractivity contribution in [1.82, 2.24) is 4.90 Å². The lowest BCUT2D eigenvalue weighted by atomic mass is 10.1. The van der Waals surface area contributed by atoms with Crippen molar-refractivity contribution in [3.05, 3.63) is 35.9 Å². The molecule has 1 aliphatic rings. The van der Waals surface area contributed by atoms with Crippen LogP contribution in [0.1, 0.15) is 42.5 Å². The summed E-state index contributed by atoms with van der Waals surface area (Å²) >= 11 is 0. The SMILES string of the molecule is CN(CCC(=O)c1ccccc1)C1CCCC1. The molecule has 0 heterocycles. The lowest BCUT2D eigenvalue weighted by Crippen LogP contribution is -2.31. The lowest BCUT2D eigenvalue weighted by molar-refractivity contribution is 0.0961. The molecule has 2 rings (SSSR count). The smallest absolute Gasteiger partial charge is 0.164 e. The van der Waals surface area contributed by atoms with Gasteiger partial charge in [0.2, 0.25) is 0 Å². The van der Waals surface area contributed by atoms with E-state index in [1.165, 1.54) is 25.7 Å². The monoisotopic (exact) mass is 231 g/mol. The number of benzene rings is 1. The fourth-order valence-corrected chi connectivity index (χ4v) is 2.57. The van der Waals surface area contributed by atoms with Crippen LogP contribution in [0.4, 0.5) is 0 Å². The van der Waals surface area contributed by atoms with Gasteiger partial charge in [-0.2, -0.15) is 0 Å². The number of carbonyl (C=O) groups is 1. The molecule has 1 aromatic rings. The Morgan fingerprint density at radius 1 is 1.24 bits per heavy atom. The summed E-state index contributed by atoms with van der Waals surface area (Å²) < 4.78 is 0. The molecule has 0 aromatic heterocycles. The number of ketones is 1. The minimum Gasteiger partial charge on any atom is -0.303 e. The Labute approximate surface area is 104 Å². The first-order valence-electron chi connectivity index (χ1n) is 6.56. The molecule has 0 N–H and O–H groups in total. The van der Waals surface area contributed by atoms with Crippen molar-refractivity contribution in [1.29, 1.82) is 0 Å². The molecule has 0 amide bonds. The van der Waals surface area contributed by atoms with E-state index < -0.39 is 0 Å². The quantitative estimate of drug-likeness (QED) is 0.726. The highest BCUT2D eigenvalue weighted by molar-refractivity contribution is 5.96. The molecular formula is C15H21NO. The number of carbonyl (C=O) groups excluding carboxylic acids is 1. The lowest BCUT2D eigenvalue weighted by Gasteiger charge is -2.23. The summed E-state index contributed by atoms with van der Waals surface area (Å²) in [6, 6.07) is 10.3. The van der Waals surface area contributed by atoms with Crippen LogP contribution >= 0.6 is 0 Å². The van der Waals surface area contributed by atoms with Crippen LogP contribution in [0.3, 0.4) is 0 Å². The zero-order chi connectivity index (χ0) is 12.1. The van der Waals surface area contributed by atoms with E-state index in [1.807, 2.05) is 30.3 Å². The van der Waals surface area contributed by atoms with Crippen LogP contribution in [0.15, 0.2) is 30.3 Å². The van der Waals surface area contributed by atoms with Crippen LogP contribution in [0, 0.1) is 0 Å². The van der Waals surface area contributed by atoms with Crippen molar-refractivity contribution >= 4 is 5.78 Å². The van der Waals surface area contributed by atoms with E-state index in [0.29, 0.717) is 12.5 Å². The summed E-state index contributed by atoms with van der Waals surface area (Å²) in [7, 11) is 2.15. The molecule has 0 radical (unpaired) electrons. The van der Waals surface area contributed by atoms with Gasteiger partial charge in [0.15, 0.2) is 5.78 Å². The number of nitrogens with zero attached hydrogens (tertiary/aromatic N) is 1. The summed E-state index contributed by atoms with van der Waals surface area (Å²) in [5, 5.41) is 0. The van der Waals surface area contributed by atoms with E-state index in [0.717, 1.165) is 12.1 Å². The van der Waals surface area contributed by atoms with Crippen molar-refractivity contribution in [2.24, 2.45) is 0 Å². The van der Waals surface area contributed by atoms with Gasteiger partial charge in [-0.05, 0) is 19.9 Å². The van der Waals surface area contributed by atoms with E-state index in [-0.39, 0.29) is 5.78 Å². The average Bonchev–Trinajstić information content (AvgIpc) is 2.90. The van der Waals surface area contributed by atoms with Gasteiger partial charge in [0.25, 0.3) is 0 Å².